The molecule has 0 aliphatic carbocycles. The second-order valence-corrected chi connectivity index (χ2v) is 8.00. The summed E-state index contributed by atoms with van der Waals surface area (Å²) in [7, 11) is 0. The topological polar surface area (TPSA) is 69.6 Å². The Morgan fingerprint density at radius 1 is 1.00 bits per heavy atom. The molecule has 0 bridgehead atoms. The van der Waals surface area contributed by atoms with Crippen molar-refractivity contribution in [3.8, 4) is 0 Å². The second kappa shape index (κ2) is 8.00. The van der Waals surface area contributed by atoms with Crippen LogP contribution in [0.2, 0.25) is 0 Å². The molecule has 0 unspecified atom stereocenters. The van der Waals surface area contributed by atoms with Gasteiger partial charge < -0.3 is 10.4 Å². The van der Waals surface area contributed by atoms with Gasteiger partial charge in [-0.1, -0.05) is 73.2 Å². The van der Waals surface area contributed by atoms with Crippen molar-refractivity contribution in [3.05, 3.63) is 94.5 Å². The van der Waals surface area contributed by atoms with E-state index in [-0.39, 0.29) is 12.5 Å². The predicted molar refractivity (Wildman–Crippen MR) is 122 cm³/mol. The molecular formula is C26H26N2O3. The molecule has 0 aromatic heterocycles. The highest BCUT2D eigenvalue weighted by Crippen LogP contribution is 2.44. The van der Waals surface area contributed by atoms with E-state index < -0.39 is 11.5 Å². The van der Waals surface area contributed by atoms with E-state index in [9.17, 15) is 14.7 Å². The molecule has 0 fully saturated rings. The van der Waals surface area contributed by atoms with Crippen LogP contribution in [0.4, 0.5) is 11.4 Å². The van der Waals surface area contributed by atoms with Crippen LogP contribution in [0.25, 0.3) is 0 Å². The van der Waals surface area contributed by atoms with Gasteiger partial charge >= 0.3 is 0 Å². The van der Waals surface area contributed by atoms with Gasteiger partial charge in [-0.3, -0.25) is 14.5 Å². The van der Waals surface area contributed by atoms with Crippen LogP contribution in [0.1, 0.15) is 34.7 Å². The number of aliphatic hydroxyl groups is 1. The van der Waals surface area contributed by atoms with E-state index in [1.807, 2.05) is 51.1 Å². The zero-order chi connectivity index (χ0) is 22.2. The number of nitrogens with zero attached hydrogens (tertiary/aromatic N) is 1. The lowest BCUT2D eigenvalue weighted by Crippen LogP contribution is -2.44. The van der Waals surface area contributed by atoms with E-state index in [1.165, 1.54) is 4.90 Å². The minimum atomic E-state index is -1.82. The normalized spacial score (nSPS) is 17.5. The number of rotatable bonds is 5. The molecule has 158 valence electrons. The fraction of sp³-hybridized carbons (Fsp3) is 0.231. The molecule has 1 heterocycles. The largest absolute Gasteiger partial charge is 0.372 e. The molecular weight excluding hydrogens is 388 g/mol. The summed E-state index contributed by atoms with van der Waals surface area (Å²) in [6, 6.07) is 20.2. The fourth-order valence-electron chi connectivity index (χ4n) is 4.19. The van der Waals surface area contributed by atoms with Crippen LogP contribution in [-0.4, -0.2) is 23.5 Å². The number of carbonyl (C=O) groups is 2. The number of fused-ring (bicyclic) bond motifs is 1. The summed E-state index contributed by atoms with van der Waals surface area (Å²) in [6.07, 6.45) is 0.788. The quantitative estimate of drug-likeness (QED) is 0.661. The van der Waals surface area contributed by atoms with E-state index in [0.29, 0.717) is 16.8 Å². The first-order chi connectivity index (χ1) is 14.9. The number of benzene rings is 3. The van der Waals surface area contributed by atoms with E-state index >= 15 is 0 Å². The van der Waals surface area contributed by atoms with Gasteiger partial charge in [-0.15, -0.1) is 0 Å². The van der Waals surface area contributed by atoms with Crippen LogP contribution < -0.4 is 10.2 Å². The molecule has 2 N–H and O–H groups in total. The van der Waals surface area contributed by atoms with Crippen molar-refractivity contribution in [2.24, 2.45) is 0 Å². The Balaban J connectivity index is 1.66. The number of carbonyl (C=O) groups excluding carboxylic acids is 2. The van der Waals surface area contributed by atoms with Crippen molar-refractivity contribution in [2.75, 3.05) is 16.8 Å². The molecule has 0 radical (unpaired) electrons. The third-order valence-electron chi connectivity index (χ3n) is 5.91. The third kappa shape index (κ3) is 3.51. The maximum Gasteiger partial charge on any atom is 0.268 e. The summed E-state index contributed by atoms with van der Waals surface area (Å²) in [5, 5.41) is 14.5. The standard InChI is InChI=1S/C26H26N2O3/c1-4-19-9-7-8-18(3)24(19)27-23(29)16-28-22-11-6-5-10-21(22)26(31,25(28)30)20-14-12-17(2)13-15-20/h5-15,31H,4,16H2,1-3H3,(H,27,29)/t26-/m1/s1. The Hall–Kier alpha value is -3.44. The van der Waals surface area contributed by atoms with Crippen molar-refractivity contribution in [1.29, 1.82) is 0 Å². The Bertz CT molecular complexity index is 1150. The summed E-state index contributed by atoms with van der Waals surface area (Å²) in [6.45, 7) is 5.75. The van der Waals surface area contributed by atoms with Gasteiger partial charge in [-0.05, 0) is 43.0 Å². The van der Waals surface area contributed by atoms with Crippen molar-refractivity contribution >= 4 is 23.2 Å². The lowest BCUT2D eigenvalue weighted by Gasteiger charge is -2.24. The van der Waals surface area contributed by atoms with Crippen molar-refractivity contribution in [1.82, 2.24) is 0 Å². The first kappa shape index (κ1) is 20.8. The van der Waals surface area contributed by atoms with Crippen molar-refractivity contribution in [3.63, 3.8) is 0 Å². The molecule has 0 saturated carbocycles. The van der Waals surface area contributed by atoms with Crippen LogP contribution >= 0.6 is 0 Å². The average molecular weight is 415 g/mol. The van der Waals surface area contributed by atoms with Gasteiger partial charge in [0.1, 0.15) is 6.54 Å². The summed E-state index contributed by atoms with van der Waals surface area (Å²) in [4.78, 5) is 27.8. The Labute approximate surface area is 182 Å². The number of amides is 2. The summed E-state index contributed by atoms with van der Waals surface area (Å²) in [5.41, 5.74) is 3.53. The van der Waals surface area contributed by atoms with E-state index in [0.717, 1.165) is 28.8 Å². The van der Waals surface area contributed by atoms with Crippen LogP contribution in [-0.2, 0) is 21.6 Å². The Morgan fingerprint density at radius 2 is 1.71 bits per heavy atom. The molecule has 0 spiro atoms. The molecule has 3 aromatic rings. The smallest absolute Gasteiger partial charge is 0.268 e. The summed E-state index contributed by atoms with van der Waals surface area (Å²) in [5.74, 6) is -0.825. The highest BCUT2D eigenvalue weighted by atomic mass is 16.3. The molecule has 4 rings (SSSR count). The molecule has 2 amide bonds. The van der Waals surface area contributed by atoms with Gasteiger partial charge in [0.2, 0.25) is 5.91 Å². The second-order valence-electron chi connectivity index (χ2n) is 8.00. The minimum Gasteiger partial charge on any atom is -0.372 e. The van der Waals surface area contributed by atoms with E-state index in [1.54, 1.807) is 36.4 Å². The predicted octanol–water partition coefficient (Wildman–Crippen LogP) is 4.09. The van der Waals surface area contributed by atoms with Gasteiger partial charge in [0.25, 0.3) is 5.91 Å². The molecule has 31 heavy (non-hydrogen) atoms. The van der Waals surface area contributed by atoms with Crippen LogP contribution in [0.15, 0.2) is 66.7 Å². The lowest BCUT2D eigenvalue weighted by molar-refractivity contribution is -0.133. The summed E-state index contributed by atoms with van der Waals surface area (Å²) < 4.78 is 0. The van der Waals surface area contributed by atoms with Crippen molar-refractivity contribution < 1.29 is 14.7 Å². The molecule has 5 nitrogen and oxygen atoms in total. The highest BCUT2D eigenvalue weighted by molar-refractivity contribution is 6.12. The fourth-order valence-corrected chi connectivity index (χ4v) is 4.19. The number of aryl methyl sites for hydroxylation is 3. The lowest BCUT2D eigenvalue weighted by atomic mass is 9.87. The molecule has 5 heteroatoms. The number of hydrogen-bond acceptors (Lipinski definition) is 3. The van der Waals surface area contributed by atoms with Gasteiger partial charge in [0.15, 0.2) is 5.60 Å². The highest BCUT2D eigenvalue weighted by Gasteiger charge is 2.51. The van der Waals surface area contributed by atoms with Gasteiger partial charge in [0, 0.05) is 11.3 Å². The Morgan fingerprint density at radius 3 is 2.42 bits per heavy atom. The van der Waals surface area contributed by atoms with Gasteiger partial charge in [-0.2, -0.15) is 0 Å². The third-order valence-corrected chi connectivity index (χ3v) is 5.91. The Kier molecular flexibility index (Phi) is 5.38. The molecule has 1 aliphatic rings. The SMILES string of the molecule is CCc1cccc(C)c1NC(=O)CN1C(=O)[C@@](O)(c2ccc(C)cc2)c2ccccc21. The zero-order valence-electron chi connectivity index (χ0n) is 18.0. The molecule has 1 aliphatic heterocycles. The summed E-state index contributed by atoms with van der Waals surface area (Å²) >= 11 is 0. The molecule has 0 saturated heterocycles. The number of anilines is 2. The van der Waals surface area contributed by atoms with Gasteiger partial charge in [0.05, 0.1) is 5.69 Å². The van der Waals surface area contributed by atoms with E-state index in [4.69, 9.17) is 0 Å². The van der Waals surface area contributed by atoms with Crippen LogP contribution in [0, 0.1) is 13.8 Å². The minimum absolute atomic E-state index is 0.179. The monoisotopic (exact) mass is 414 g/mol. The number of hydrogen-bond donors (Lipinski definition) is 2. The first-order valence-electron chi connectivity index (χ1n) is 10.5. The maximum absolute atomic E-state index is 13.4. The maximum atomic E-state index is 13.4. The van der Waals surface area contributed by atoms with Gasteiger partial charge in [-0.25, -0.2) is 0 Å². The number of para-hydroxylation sites is 2. The van der Waals surface area contributed by atoms with Crippen LogP contribution in [0.3, 0.4) is 0 Å². The van der Waals surface area contributed by atoms with Crippen LogP contribution in [0.5, 0.6) is 0 Å². The number of nitrogens with one attached hydrogen (secondary N) is 1. The zero-order valence-corrected chi connectivity index (χ0v) is 18.0. The first-order valence-corrected chi connectivity index (χ1v) is 10.5. The average Bonchev–Trinajstić information content (AvgIpc) is 2.98. The van der Waals surface area contributed by atoms with Crippen molar-refractivity contribution in [2.45, 2.75) is 32.8 Å². The molecule has 3 aromatic carbocycles. The van der Waals surface area contributed by atoms with E-state index in [2.05, 4.69) is 5.32 Å². The molecule has 1 atom stereocenters.